The van der Waals surface area contributed by atoms with Gasteiger partial charge in [0.1, 0.15) is 5.82 Å². The molecule has 2 unspecified atom stereocenters. The molecule has 0 aromatic carbocycles. The Balaban J connectivity index is 2.65. The lowest BCUT2D eigenvalue weighted by Crippen LogP contribution is -2.42. The lowest BCUT2D eigenvalue weighted by Gasteiger charge is -2.24. The molecule has 1 aromatic rings. The van der Waals surface area contributed by atoms with Gasteiger partial charge in [-0.05, 0) is 27.3 Å². The Kier molecular flexibility index (Phi) is 6.22. The van der Waals surface area contributed by atoms with E-state index in [0.717, 1.165) is 31.9 Å². The lowest BCUT2D eigenvalue weighted by molar-refractivity contribution is 0.0473. The molecule has 2 atom stereocenters. The quantitative estimate of drug-likeness (QED) is 0.752. The van der Waals surface area contributed by atoms with E-state index in [1.54, 1.807) is 0 Å². The minimum Gasteiger partial charge on any atom is -0.377 e. The molecule has 0 radical (unpaired) electrons. The van der Waals surface area contributed by atoms with Gasteiger partial charge in [0.15, 0.2) is 0 Å². The summed E-state index contributed by atoms with van der Waals surface area (Å²) in [4.78, 5) is 4.42. The first-order valence-corrected chi connectivity index (χ1v) is 6.57. The van der Waals surface area contributed by atoms with E-state index in [1.807, 2.05) is 19.3 Å². The smallest absolute Gasteiger partial charge is 0.110 e. The van der Waals surface area contributed by atoms with Crippen LogP contribution >= 0.6 is 0 Å². The van der Waals surface area contributed by atoms with Crippen molar-refractivity contribution in [2.24, 2.45) is 0 Å². The van der Waals surface area contributed by atoms with Crippen LogP contribution in [0.25, 0.3) is 0 Å². The van der Waals surface area contributed by atoms with Crippen LogP contribution in [0.1, 0.15) is 33.5 Å². The summed E-state index contributed by atoms with van der Waals surface area (Å²) in [5.41, 5.74) is 0. The van der Waals surface area contributed by atoms with Crippen LogP contribution in [0.15, 0.2) is 12.4 Å². The van der Waals surface area contributed by atoms with Gasteiger partial charge in [-0.2, -0.15) is 0 Å². The van der Waals surface area contributed by atoms with E-state index < -0.39 is 0 Å². The number of aryl methyl sites for hydroxylation is 1. The average molecular weight is 239 g/mol. The van der Waals surface area contributed by atoms with Crippen molar-refractivity contribution in [1.82, 2.24) is 14.9 Å². The van der Waals surface area contributed by atoms with Gasteiger partial charge in [0.2, 0.25) is 0 Å². The van der Waals surface area contributed by atoms with Crippen molar-refractivity contribution in [3.63, 3.8) is 0 Å². The highest BCUT2D eigenvalue weighted by Crippen LogP contribution is 2.07. The van der Waals surface area contributed by atoms with E-state index in [1.165, 1.54) is 0 Å². The van der Waals surface area contributed by atoms with Gasteiger partial charge >= 0.3 is 0 Å². The predicted octanol–water partition coefficient (Wildman–Crippen LogP) is 1.85. The van der Waals surface area contributed by atoms with Crippen LogP contribution in [-0.4, -0.2) is 34.8 Å². The molecule has 1 rings (SSSR count). The number of likely N-dealkylation sites (N-methyl/N-ethyl adjacent to an activating group) is 1. The minimum atomic E-state index is 0.210. The number of imidazole rings is 1. The zero-order valence-electron chi connectivity index (χ0n) is 11.4. The number of nitrogens with one attached hydrogen (secondary N) is 1. The third-order valence-corrected chi connectivity index (χ3v) is 3.01. The van der Waals surface area contributed by atoms with E-state index in [-0.39, 0.29) is 6.10 Å². The van der Waals surface area contributed by atoms with Crippen LogP contribution < -0.4 is 5.32 Å². The van der Waals surface area contributed by atoms with Gasteiger partial charge in [-0.15, -0.1) is 0 Å². The molecule has 17 heavy (non-hydrogen) atoms. The third kappa shape index (κ3) is 4.13. The van der Waals surface area contributed by atoms with Gasteiger partial charge in [0, 0.05) is 38.0 Å². The first-order valence-electron chi connectivity index (χ1n) is 6.57. The number of nitrogens with zero attached hydrogens (tertiary/aromatic N) is 2. The van der Waals surface area contributed by atoms with E-state index in [2.05, 4.69) is 35.6 Å². The highest BCUT2D eigenvalue weighted by atomic mass is 16.5. The SMILES string of the molecule is CCNC(Cc1nccn1CC)C(C)OCC. The van der Waals surface area contributed by atoms with Crippen molar-refractivity contribution >= 4 is 0 Å². The van der Waals surface area contributed by atoms with Crippen molar-refractivity contribution in [1.29, 1.82) is 0 Å². The van der Waals surface area contributed by atoms with Crippen molar-refractivity contribution < 1.29 is 4.74 Å². The number of aromatic nitrogens is 2. The standard InChI is InChI=1S/C13H25N3O/c1-5-14-12(11(4)17-7-3)10-13-15-8-9-16(13)6-2/h8-9,11-12,14H,5-7,10H2,1-4H3. The maximum Gasteiger partial charge on any atom is 0.110 e. The van der Waals surface area contributed by atoms with Crippen LogP contribution in [0.4, 0.5) is 0 Å². The number of hydrogen-bond donors (Lipinski definition) is 1. The molecule has 0 bridgehead atoms. The number of ether oxygens (including phenoxy) is 1. The summed E-state index contributed by atoms with van der Waals surface area (Å²) in [5.74, 6) is 1.13. The van der Waals surface area contributed by atoms with Crippen molar-refractivity contribution in [2.45, 2.75) is 52.8 Å². The molecule has 1 N–H and O–H groups in total. The third-order valence-electron chi connectivity index (χ3n) is 3.01. The predicted molar refractivity (Wildman–Crippen MR) is 70.2 cm³/mol. The van der Waals surface area contributed by atoms with Crippen LogP contribution in [0.3, 0.4) is 0 Å². The fraction of sp³-hybridized carbons (Fsp3) is 0.769. The zero-order valence-corrected chi connectivity index (χ0v) is 11.4. The molecule has 1 heterocycles. The monoisotopic (exact) mass is 239 g/mol. The molecule has 0 saturated carbocycles. The summed E-state index contributed by atoms with van der Waals surface area (Å²) >= 11 is 0. The van der Waals surface area contributed by atoms with E-state index in [9.17, 15) is 0 Å². The molecule has 0 fully saturated rings. The maximum atomic E-state index is 5.68. The van der Waals surface area contributed by atoms with E-state index in [0.29, 0.717) is 6.04 Å². The summed E-state index contributed by atoms with van der Waals surface area (Å²) in [6.45, 7) is 11.1. The summed E-state index contributed by atoms with van der Waals surface area (Å²) in [7, 11) is 0. The van der Waals surface area contributed by atoms with Crippen molar-refractivity contribution in [3.8, 4) is 0 Å². The summed E-state index contributed by atoms with van der Waals surface area (Å²) in [6, 6.07) is 0.327. The van der Waals surface area contributed by atoms with Gasteiger partial charge in [-0.25, -0.2) is 4.98 Å². The fourth-order valence-corrected chi connectivity index (χ4v) is 2.06. The average Bonchev–Trinajstić information content (AvgIpc) is 2.76. The normalized spacial score (nSPS) is 14.8. The Labute approximate surface area is 104 Å². The van der Waals surface area contributed by atoms with Gasteiger partial charge in [0.05, 0.1) is 6.10 Å². The number of rotatable bonds is 8. The molecule has 0 aliphatic heterocycles. The molecule has 4 nitrogen and oxygen atoms in total. The molecule has 0 aliphatic rings. The van der Waals surface area contributed by atoms with Gasteiger partial charge in [-0.3, -0.25) is 0 Å². The minimum absolute atomic E-state index is 0.210. The second-order valence-electron chi connectivity index (χ2n) is 4.16. The molecular formula is C13H25N3O. The summed E-state index contributed by atoms with van der Waals surface area (Å²) in [6.07, 6.45) is 5.02. The Morgan fingerprint density at radius 2 is 2.18 bits per heavy atom. The highest BCUT2D eigenvalue weighted by Gasteiger charge is 2.18. The van der Waals surface area contributed by atoms with E-state index in [4.69, 9.17) is 4.74 Å². The van der Waals surface area contributed by atoms with Crippen LogP contribution in [0, 0.1) is 0 Å². The molecule has 0 spiro atoms. The fourth-order valence-electron chi connectivity index (χ4n) is 2.06. The zero-order chi connectivity index (χ0) is 12.7. The second-order valence-corrected chi connectivity index (χ2v) is 4.16. The van der Waals surface area contributed by atoms with Crippen LogP contribution in [0.2, 0.25) is 0 Å². The topological polar surface area (TPSA) is 39.1 Å². The Morgan fingerprint density at radius 1 is 1.41 bits per heavy atom. The van der Waals surface area contributed by atoms with E-state index >= 15 is 0 Å². The molecule has 4 heteroatoms. The molecule has 0 saturated heterocycles. The Bertz CT molecular complexity index is 311. The van der Waals surface area contributed by atoms with Crippen molar-refractivity contribution in [3.05, 3.63) is 18.2 Å². The molecule has 1 aromatic heterocycles. The molecule has 98 valence electrons. The van der Waals surface area contributed by atoms with Gasteiger partial charge in [0.25, 0.3) is 0 Å². The maximum absolute atomic E-state index is 5.68. The molecular weight excluding hydrogens is 214 g/mol. The van der Waals surface area contributed by atoms with Gasteiger partial charge in [-0.1, -0.05) is 6.92 Å². The highest BCUT2D eigenvalue weighted by molar-refractivity contribution is 4.96. The Hall–Kier alpha value is -0.870. The second kappa shape index (κ2) is 7.45. The van der Waals surface area contributed by atoms with Crippen LogP contribution in [-0.2, 0) is 17.7 Å². The molecule has 0 amide bonds. The summed E-state index contributed by atoms with van der Waals surface area (Å²) in [5, 5.41) is 3.48. The van der Waals surface area contributed by atoms with Gasteiger partial charge < -0.3 is 14.6 Å². The Morgan fingerprint density at radius 3 is 2.76 bits per heavy atom. The summed E-state index contributed by atoms with van der Waals surface area (Å²) < 4.78 is 7.86. The molecule has 0 aliphatic carbocycles. The van der Waals surface area contributed by atoms with Crippen molar-refractivity contribution in [2.75, 3.05) is 13.2 Å². The number of hydrogen-bond acceptors (Lipinski definition) is 3. The first kappa shape index (κ1) is 14.2. The lowest BCUT2D eigenvalue weighted by atomic mass is 10.1. The largest absolute Gasteiger partial charge is 0.377 e. The first-order chi connectivity index (χ1) is 8.22. The van der Waals surface area contributed by atoms with Crippen LogP contribution in [0.5, 0.6) is 0 Å².